The van der Waals surface area contributed by atoms with E-state index in [1.165, 1.54) is 6.26 Å². The molecular weight excluding hydrogens is 378 g/mol. The maximum absolute atomic E-state index is 13.6. The molecule has 6 nitrogen and oxygen atoms in total. The van der Waals surface area contributed by atoms with E-state index < -0.39 is 0 Å². The van der Waals surface area contributed by atoms with Crippen LogP contribution in [-0.4, -0.2) is 58.4 Å². The van der Waals surface area contributed by atoms with Crippen LogP contribution in [0.4, 0.5) is 0 Å². The summed E-state index contributed by atoms with van der Waals surface area (Å²) >= 11 is 0. The Labute approximate surface area is 174 Å². The van der Waals surface area contributed by atoms with E-state index in [0.29, 0.717) is 31.9 Å². The molecule has 1 saturated heterocycles. The standard InChI is InChI=1S/C24H23N3O3/c1-17(25-12-14-26(15-13-25)24(29)22-11-6-16-30-22)23(28)27-20-9-4-2-7-18(20)19-8-3-5-10-21(19)27/h2-11,16-17H,12-15H2,1H3/t17-/m0/s1. The van der Waals surface area contributed by atoms with E-state index in [-0.39, 0.29) is 17.9 Å². The summed E-state index contributed by atoms with van der Waals surface area (Å²) in [6.45, 7) is 4.40. The van der Waals surface area contributed by atoms with Crippen LogP contribution in [-0.2, 0) is 0 Å². The number of aromatic nitrogens is 1. The molecule has 6 heteroatoms. The Morgan fingerprint density at radius 2 is 1.43 bits per heavy atom. The second-order valence-electron chi connectivity index (χ2n) is 7.69. The van der Waals surface area contributed by atoms with Crippen LogP contribution < -0.4 is 0 Å². The van der Waals surface area contributed by atoms with E-state index in [9.17, 15) is 9.59 Å². The Morgan fingerprint density at radius 3 is 2.00 bits per heavy atom. The van der Waals surface area contributed by atoms with Crippen LogP contribution in [0.15, 0.2) is 71.3 Å². The summed E-state index contributed by atoms with van der Waals surface area (Å²) in [6, 6.07) is 19.2. The van der Waals surface area contributed by atoms with Crippen molar-refractivity contribution in [3.05, 3.63) is 72.7 Å². The summed E-state index contributed by atoms with van der Waals surface area (Å²) in [5, 5.41) is 2.17. The van der Waals surface area contributed by atoms with Gasteiger partial charge in [0.1, 0.15) is 0 Å². The number of nitrogens with zero attached hydrogens (tertiary/aromatic N) is 3. The number of hydrogen-bond acceptors (Lipinski definition) is 4. The Hall–Kier alpha value is -3.38. The van der Waals surface area contributed by atoms with Crippen molar-refractivity contribution in [2.24, 2.45) is 0 Å². The van der Waals surface area contributed by atoms with Gasteiger partial charge < -0.3 is 9.32 Å². The van der Waals surface area contributed by atoms with Crippen molar-refractivity contribution in [3.63, 3.8) is 0 Å². The zero-order valence-corrected chi connectivity index (χ0v) is 16.8. The number of para-hydroxylation sites is 2. The normalized spacial score (nSPS) is 16.2. The van der Waals surface area contributed by atoms with Crippen LogP contribution in [0.3, 0.4) is 0 Å². The summed E-state index contributed by atoms with van der Waals surface area (Å²) in [7, 11) is 0. The van der Waals surface area contributed by atoms with E-state index >= 15 is 0 Å². The fourth-order valence-electron chi connectivity index (χ4n) is 4.37. The molecule has 5 rings (SSSR count). The molecule has 0 spiro atoms. The van der Waals surface area contributed by atoms with Crippen molar-refractivity contribution >= 4 is 33.6 Å². The van der Waals surface area contributed by atoms with Crippen molar-refractivity contribution in [3.8, 4) is 0 Å². The first-order valence-corrected chi connectivity index (χ1v) is 10.2. The average molecular weight is 401 g/mol. The predicted molar refractivity (Wildman–Crippen MR) is 116 cm³/mol. The van der Waals surface area contributed by atoms with Crippen LogP contribution in [0.25, 0.3) is 21.8 Å². The fourth-order valence-corrected chi connectivity index (χ4v) is 4.37. The molecule has 1 fully saturated rings. The highest BCUT2D eigenvalue weighted by Crippen LogP contribution is 2.29. The Bertz CT molecular complexity index is 1160. The van der Waals surface area contributed by atoms with E-state index in [0.717, 1.165) is 21.8 Å². The molecule has 3 heterocycles. The van der Waals surface area contributed by atoms with Gasteiger partial charge in [0, 0.05) is 37.0 Å². The van der Waals surface area contributed by atoms with E-state index in [2.05, 4.69) is 17.0 Å². The molecule has 0 aliphatic carbocycles. The number of rotatable bonds is 3. The van der Waals surface area contributed by atoms with Gasteiger partial charge in [-0.15, -0.1) is 0 Å². The molecule has 2 aromatic heterocycles. The first kappa shape index (κ1) is 18.6. The molecule has 0 bridgehead atoms. The molecule has 0 saturated carbocycles. The van der Waals surface area contributed by atoms with Crippen LogP contribution >= 0.6 is 0 Å². The predicted octanol–water partition coefficient (Wildman–Crippen LogP) is 3.87. The van der Waals surface area contributed by atoms with Crippen LogP contribution in [0, 0.1) is 0 Å². The molecule has 1 aliphatic rings. The lowest BCUT2D eigenvalue weighted by Gasteiger charge is -2.37. The molecule has 2 aromatic carbocycles. The summed E-state index contributed by atoms with van der Waals surface area (Å²) in [5.74, 6) is 0.317. The molecule has 0 N–H and O–H groups in total. The van der Waals surface area contributed by atoms with E-state index in [1.54, 1.807) is 17.0 Å². The van der Waals surface area contributed by atoms with Crippen molar-refractivity contribution in [1.82, 2.24) is 14.4 Å². The molecule has 4 aromatic rings. The molecule has 1 amide bonds. The van der Waals surface area contributed by atoms with Gasteiger partial charge in [-0.2, -0.15) is 0 Å². The molecule has 152 valence electrons. The van der Waals surface area contributed by atoms with Crippen LogP contribution in [0.2, 0.25) is 0 Å². The van der Waals surface area contributed by atoms with Crippen molar-refractivity contribution < 1.29 is 14.0 Å². The number of hydrogen-bond donors (Lipinski definition) is 0. The molecule has 0 unspecified atom stereocenters. The van der Waals surface area contributed by atoms with Crippen molar-refractivity contribution in [1.29, 1.82) is 0 Å². The van der Waals surface area contributed by atoms with E-state index in [4.69, 9.17) is 4.42 Å². The minimum absolute atomic E-state index is 0.0539. The van der Waals surface area contributed by atoms with Gasteiger partial charge >= 0.3 is 0 Å². The molecule has 1 atom stereocenters. The molecule has 0 radical (unpaired) electrons. The van der Waals surface area contributed by atoms with Gasteiger partial charge in [0.05, 0.1) is 23.3 Å². The number of fused-ring (bicyclic) bond motifs is 3. The number of piperazine rings is 1. The summed E-state index contributed by atoms with van der Waals surface area (Å²) in [5.41, 5.74) is 1.87. The van der Waals surface area contributed by atoms with Gasteiger partial charge in [-0.05, 0) is 31.2 Å². The topological polar surface area (TPSA) is 58.7 Å². The highest BCUT2D eigenvalue weighted by Gasteiger charge is 2.30. The van der Waals surface area contributed by atoms with Crippen LogP contribution in [0.1, 0.15) is 22.3 Å². The van der Waals surface area contributed by atoms with Crippen molar-refractivity contribution in [2.45, 2.75) is 13.0 Å². The fraction of sp³-hybridized carbons (Fsp3) is 0.250. The first-order valence-electron chi connectivity index (χ1n) is 10.2. The second-order valence-corrected chi connectivity index (χ2v) is 7.69. The van der Waals surface area contributed by atoms with Gasteiger partial charge in [-0.1, -0.05) is 36.4 Å². The summed E-state index contributed by atoms with van der Waals surface area (Å²) < 4.78 is 7.07. The summed E-state index contributed by atoms with van der Waals surface area (Å²) in [6.07, 6.45) is 1.51. The smallest absolute Gasteiger partial charge is 0.289 e. The third-order valence-electron chi connectivity index (χ3n) is 6.04. The zero-order chi connectivity index (χ0) is 20.7. The number of benzene rings is 2. The Kier molecular flexibility index (Phi) is 4.64. The van der Waals surface area contributed by atoms with Crippen LogP contribution in [0.5, 0.6) is 0 Å². The number of carbonyl (C=O) groups excluding carboxylic acids is 2. The SMILES string of the molecule is C[C@@H](C(=O)n1c2ccccc2c2ccccc21)N1CCN(C(=O)c2ccco2)CC1. The summed E-state index contributed by atoms with van der Waals surface area (Å²) in [4.78, 5) is 30.0. The van der Waals surface area contributed by atoms with Gasteiger partial charge in [0.15, 0.2) is 5.76 Å². The lowest BCUT2D eigenvalue weighted by molar-refractivity contribution is 0.0505. The van der Waals surface area contributed by atoms with Gasteiger partial charge in [-0.3, -0.25) is 19.1 Å². The van der Waals surface area contributed by atoms with Crippen molar-refractivity contribution in [2.75, 3.05) is 26.2 Å². The number of amides is 1. The maximum atomic E-state index is 13.6. The largest absolute Gasteiger partial charge is 0.459 e. The first-order chi connectivity index (χ1) is 14.6. The molecular formula is C24H23N3O3. The van der Waals surface area contributed by atoms with E-state index in [1.807, 2.05) is 47.9 Å². The molecule has 1 aliphatic heterocycles. The lowest BCUT2D eigenvalue weighted by atomic mass is 10.2. The minimum Gasteiger partial charge on any atom is -0.459 e. The number of furan rings is 1. The lowest BCUT2D eigenvalue weighted by Crippen LogP contribution is -2.53. The van der Waals surface area contributed by atoms with Gasteiger partial charge in [0.25, 0.3) is 5.91 Å². The quantitative estimate of drug-likeness (QED) is 0.523. The zero-order valence-electron chi connectivity index (χ0n) is 16.8. The second kappa shape index (κ2) is 7.46. The average Bonchev–Trinajstić information content (AvgIpc) is 3.44. The number of carbonyl (C=O) groups is 2. The Morgan fingerprint density at radius 1 is 0.833 bits per heavy atom. The van der Waals surface area contributed by atoms with Gasteiger partial charge in [-0.25, -0.2) is 0 Å². The van der Waals surface area contributed by atoms with Gasteiger partial charge in [0.2, 0.25) is 5.91 Å². The third kappa shape index (κ3) is 3.00. The minimum atomic E-state index is -0.287. The third-order valence-corrected chi connectivity index (χ3v) is 6.04. The highest BCUT2D eigenvalue weighted by molar-refractivity contribution is 6.13. The maximum Gasteiger partial charge on any atom is 0.289 e. The monoisotopic (exact) mass is 401 g/mol. The Balaban J connectivity index is 1.38. The molecule has 30 heavy (non-hydrogen) atoms. The highest BCUT2D eigenvalue weighted by atomic mass is 16.3.